The van der Waals surface area contributed by atoms with Crippen LogP contribution in [0.2, 0.25) is 0 Å². The van der Waals surface area contributed by atoms with Crippen molar-refractivity contribution in [2.75, 3.05) is 20.2 Å². The number of ether oxygens (including phenoxy) is 1. The number of hydrogen-bond donors (Lipinski definition) is 1. The summed E-state index contributed by atoms with van der Waals surface area (Å²) in [6, 6.07) is 2.22. The van der Waals surface area contributed by atoms with Gasteiger partial charge in [0, 0.05) is 6.04 Å². The molecule has 1 saturated carbocycles. The van der Waals surface area contributed by atoms with Crippen molar-refractivity contribution in [1.82, 2.24) is 10.2 Å². The summed E-state index contributed by atoms with van der Waals surface area (Å²) in [6.45, 7) is 5.70. The Hall–Kier alpha value is -1.61. The average molecular weight is 281 g/mol. The van der Waals surface area contributed by atoms with E-state index in [9.17, 15) is 14.9 Å². The van der Waals surface area contributed by atoms with E-state index in [1.807, 2.05) is 13.8 Å². The summed E-state index contributed by atoms with van der Waals surface area (Å²) in [5.74, 6) is -0.375. The molecule has 6 nitrogen and oxygen atoms in total. The van der Waals surface area contributed by atoms with Crippen LogP contribution in [0, 0.1) is 17.2 Å². The molecule has 0 radical (unpaired) electrons. The second-order valence-corrected chi connectivity index (χ2v) is 5.71. The van der Waals surface area contributed by atoms with E-state index in [4.69, 9.17) is 0 Å². The fourth-order valence-electron chi connectivity index (χ4n) is 2.05. The molecular formula is C14H23N3O3. The molecule has 1 N–H and O–H groups in total. The van der Waals surface area contributed by atoms with Gasteiger partial charge < -0.3 is 10.1 Å². The standard InChI is InChI=1S/C14H23N3O3/c1-10(2)17(8-13(19)20-4)7-12(18)16-14(3,9-15)11-5-6-11/h10-11H,5-8H2,1-4H3,(H,16,18). The molecule has 0 aromatic carbocycles. The molecule has 1 rings (SSSR count). The van der Waals surface area contributed by atoms with Crippen LogP contribution in [0.15, 0.2) is 0 Å². The molecular weight excluding hydrogens is 258 g/mol. The lowest BCUT2D eigenvalue weighted by Crippen LogP contribution is -2.51. The lowest BCUT2D eigenvalue weighted by molar-refractivity contribution is -0.142. The van der Waals surface area contributed by atoms with Crippen LogP contribution in [0.4, 0.5) is 0 Å². The number of carbonyl (C=O) groups is 2. The minimum Gasteiger partial charge on any atom is -0.468 e. The lowest BCUT2D eigenvalue weighted by atomic mass is 9.98. The van der Waals surface area contributed by atoms with Gasteiger partial charge in [0.2, 0.25) is 5.91 Å². The maximum atomic E-state index is 12.1. The molecule has 1 atom stereocenters. The Morgan fingerprint density at radius 3 is 2.45 bits per heavy atom. The highest BCUT2D eigenvalue weighted by atomic mass is 16.5. The summed E-state index contributed by atoms with van der Waals surface area (Å²) < 4.78 is 4.62. The number of rotatable bonds is 7. The van der Waals surface area contributed by atoms with Gasteiger partial charge in [-0.3, -0.25) is 14.5 Å². The van der Waals surface area contributed by atoms with E-state index in [0.717, 1.165) is 12.8 Å². The van der Waals surface area contributed by atoms with Gasteiger partial charge in [0.1, 0.15) is 5.54 Å². The number of nitrogens with one attached hydrogen (secondary N) is 1. The zero-order valence-corrected chi connectivity index (χ0v) is 12.6. The lowest BCUT2D eigenvalue weighted by Gasteiger charge is -2.28. The van der Waals surface area contributed by atoms with Crippen LogP contribution < -0.4 is 5.32 Å². The topological polar surface area (TPSA) is 82.4 Å². The van der Waals surface area contributed by atoms with Gasteiger partial charge in [-0.1, -0.05) is 0 Å². The van der Waals surface area contributed by atoms with Gasteiger partial charge in [-0.2, -0.15) is 5.26 Å². The Morgan fingerprint density at radius 1 is 1.45 bits per heavy atom. The monoisotopic (exact) mass is 281 g/mol. The number of carbonyl (C=O) groups excluding carboxylic acids is 2. The summed E-state index contributed by atoms with van der Waals surface area (Å²) in [4.78, 5) is 25.1. The Bertz CT molecular complexity index is 412. The fourth-order valence-corrected chi connectivity index (χ4v) is 2.05. The van der Waals surface area contributed by atoms with E-state index in [2.05, 4.69) is 16.1 Å². The second kappa shape index (κ2) is 6.71. The number of nitriles is 1. The van der Waals surface area contributed by atoms with Crippen LogP contribution in [-0.2, 0) is 14.3 Å². The maximum absolute atomic E-state index is 12.1. The predicted molar refractivity (Wildman–Crippen MR) is 73.6 cm³/mol. The van der Waals surface area contributed by atoms with Crippen molar-refractivity contribution in [3.05, 3.63) is 0 Å². The summed E-state index contributed by atoms with van der Waals surface area (Å²) >= 11 is 0. The third-order valence-corrected chi connectivity index (χ3v) is 3.66. The van der Waals surface area contributed by atoms with Crippen molar-refractivity contribution in [3.63, 3.8) is 0 Å². The molecule has 112 valence electrons. The van der Waals surface area contributed by atoms with Crippen molar-refractivity contribution >= 4 is 11.9 Å². The van der Waals surface area contributed by atoms with E-state index in [0.29, 0.717) is 0 Å². The van der Waals surface area contributed by atoms with E-state index in [-0.39, 0.29) is 36.9 Å². The zero-order chi connectivity index (χ0) is 15.3. The van der Waals surface area contributed by atoms with Gasteiger partial charge in [0.15, 0.2) is 0 Å². The quantitative estimate of drug-likeness (QED) is 0.694. The number of methoxy groups -OCH3 is 1. The van der Waals surface area contributed by atoms with Crippen molar-refractivity contribution in [1.29, 1.82) is 5.26 Å². The number of esters is 1. The van der Waals surface area contributed by atoms with Crippen LogP contribution in [0.25, 0.3) is 0 Å². The van der Waals surface area contributed by atoms with Gasteiger partial charge >= 0.3 is 5.97 Å². The minimum atomic E-state index is -0.801. The smallest absolute Gasteiger partial charge is 0.319 e. The largest absolute Gasteiger partial charge is 0.468 e. The molecule has 0 saturated heterocycles. The molecule has 1 aliphatic carbocycles. The third-order valence-electron chi connectivity index (χ3n) is 3.66. The SMILES string of the molecule is COC(=O)CN(CC(=O)NC(C)(C#N)C1CC1)C(C)C. The maximum Gasteiger partial charge on any atom is 0.319 e. The van der Waals surface area contributed by atoms with Crippen LogP contribution in [-0.4, -0.2) is 48.6 Å². The first kappa shape index (κ1) is 16.4. The molecule has 0 bridgehead atoms. The Morgan fingerprint density at radius 2 is 2.05 bits per heavy atom. The highest BCUT2D eigenvalue weighted by Gasteiger charge is 2.43. The molecule has 1 fully saturated rings. The van der Waals surface area contributed by atoms with Crippen molar-refractivity contribution in [2.24, 2.45) is 5.92 Å². The van der Waals surface area contributed by atoms with Crippen LogP contribution in [0.5, 0.6) is 0 Å². The molecule has 1 unspecified atom stereocenters. The van der Waals surface area contributed by atoms with Crippen molar-refractivity contribution in [3.8, 4) is 6.07 Å². The Kier molecular flexibility index (Phi) is 5.52. The highest BCUT2D eigenvalue weighted by molar-refractivity contribution is 5.80. The van der Waals surface area contributed by atoms with Gasteiger partial charge in [0.05, 0.1) is 26.3 Å². The molecule has 1 amide bonds. The molecule has 6 heteroatoms. The van der Waals surface area contributed by atoms with Crippen LogP contribution in [0.1, 0.15) is 33.6 Å². The van der Waals surface area contributed by atoms with Gasteiger partial charge in [0.25, 0.3) is 0 Å². The number of amides is 1. The van der Waals surface area contributed by atoms with Gasteiger partial charge in [-0.15, -0.1) is 0 Å². The first-order chi connectivity index (χ1) is 9.32. The van der Waals surface area contributed by atoms with Crippen LogP contribution >= 0.6 is 0 Å². The predicted octanol–water partition coefficient (Wildman–Crippen LogP) is 0.678. The highest BCUT2D eigenvalue weighted by Crippen LogP contribution is 2.39. The Labute approximate surface area is 120 Å². The average Bonchev–Trinajstić information content (AvgIpc) is 3.21. The van der Waals surface area contributed by atoms with Crippen LogP contribution in [0.3, 0.4) is 0 Å². The minimum absolute atomic E-state index is 0.0362. The summed E-state index contributed by atoms with van der Waals surface area (Å²) in [7, 11) is 1.32. The van der Waals surface area contributed by atoms with E-state index in [1.54, 1.807) is 11.8 Å². The van der Waals surface area contributed by atoms with Crippen molar-refractivity contribution < 1.29 is 14.3 Å². The molecule has 0 aromatic rings. The molecule has 20 heavy (non-hydrogen) atoms. The fraction of sp³-hybridized carbons (Fsp3) is 0.786. The first-order valence-electron chi connectivity index (χ1n) is 6.85. The van der Waals surface area contributed by atoms with Gasteiger partial charge in [-0.05, 0) is 39.5 Å². The molecule has 0 spiro atoms. The third kappa shape index (κ3) is 4.49. The van der Waals surface area contributed by atoms with Crippen molar-refractivity contribution in [2.45, 2.75) is 45.2 Å². The zero-order valence-electron chi connectivity index (χ0n) is 12.6. The molecule has 1 aliphatic rings. The van der Waals surface area contributed by atoms with Gasteiger partial charge in [-0.25, -0.2) is 0 Å². The second-order valence-electron chi connectivity index (χ2n) is 5.71. The van der Waals surface area contributed by atoms with E-state index >= 15 is 0 Å². The summed E-state index contributed by atoms with van der Waals surface area (Å²) in [6.07, 6.45) is 1.95. The summed E-state index contributed by atoms with van der Waals surface area (Å²) in [5.41, 5.74) is -0.801. The normalized spacial score (nSPS) is 17.4. The first-order valence-corrected chi connectivity index (χ1v) is 6.85. The molecule has 0 aromatic heterocycles. The van der Waals surface area contributed by atoms with E-state index in [1.165, 1.54) is 7.11 Å². The number of hydrogen-bond acceptors (Lipinski definition) is 5. The molecule has 0 aliphatic heterocycles. The number of nitrogens with zero attached hydrogens (tertiary/aromatic N) is 2. The summed E-state index contributed by atoms with van der Waals surface area (Å²) in [5, 5.41) is 12.0. The van der Waals surface area contributed by atoms with E-state index < -0.39 is 5.54 Å². The Balaban J connectivity index is 2.58. The molecule has 0 heterocycles.